The van der Waals surface area contributed by atoms with Gasteiger partial charge in [-0.15, -0.1) is 0 Å². The molecule has 0 spiro atoms. The maximum absolute atomic E-state index is 11.9. The molecule has 0 radical (unpaired) electrons. The first-order valence-corrected chi connectivity index (χ1v) is 9.04. The number of rotatable bonds is 13. The minimum Gasteiger partial charge on any atom is -0.379 e. The molecule has 0 aromatic heterocycles. The molecule has 10 nitrogen and oxygen atoms in total. The Morgan fingerprint density at radius 1 is 0.893 bits per heavy atom. The van der Waals surface area contributed by atoms with E-state index in [-0.39, 0.29) is 18.9 Å². The summed E-state index contributed by atoms with van der Waals surface area (Å²) in [7, 11) is 0. The van der Waals surface area contributed by atoms with Crippen molar-refractivity contribution in [1.29, 1.82) is 0 Å². The number of ether oxygens (including phenoxy) is 3. The van der Waals surface area contributed by atoms with Crippen LogP contribution in [0, 0.1) is 0 Å². The van der Waals surface area contributed by atoms with E-state index < -0.39 is 12.1 Å². The average Bonchev–Trinajstić information content (AvgIpc) is 3.02. The van der Waals surface area contributed by atoms with Crippen molar-refractivity contribution in [3.63, 3.8) is 0 Å². The van der Waals surface area contributed by atoms with Gasteiger partial charge in [0.05, 0.1) is 45.1 Å². The van der Waals surface area contributed by atoms with Crippen molar-refractivity contribution in [2.24, 2.45) is 10.2 Å². The van der Waals surface area contributed by atoms with E-state index in [0.717, 1.165) is 17.9 Å². The summed E-state index contributed by atoms with van der Waals surface area (Å²) in [6.45, 7) is 5.01. The fourth-order valence-corrected chi connectivity index (χ4v) is 2.25. The highest BCUT2D eigenvalue weighted by Gasteiger charge is 2.28. The van der Waals surface area contributed by atoms with Crippen molar-refractivity contribution in [2.75, 3.05) is 49.9 Å². The van der Waals surface area contributed by atoms with E-state index >= 15 is 0 Å². The maximum Gasteiger partial charge on any atom is 0.375 e. The molecule has 1 aliphatic rings. The molecule has 0 saturated heterocycles. The molecule has 1 aromatic rings. The molecule has 28 heavy (non-hydrogen) atoms. The number of carbonyl (C=O) groups excluding carboxylic acids is 3. The molecule has 1 aliphatic heterocycles. The third kappa shape index (κ3) is 7.14. The number of urea groups is 2. The normalized spacial score (nSPS) is 13.4. The predicted octanol–water partition coefficient (Wildman–Crippen LogP) is 2.99. The van der Waals surface area contributed by atoms with Gasteiger partial charge in [-0.1, -0.05) is 17.2 Å². The molecule has 152 valence electrons. The molecule has 0 bridgehead atoms. The second-order valence-corrected chi connectivity index (χ2v) is 5.78. The number of hydrogen-bond acceptors (Lipinski definition) is 6. The van der Waals surface area contributed by atoms with Crippen LogP contribution in [-0.4, -0.2) is 57.6 Å². The molecule has 0 unspecified atom stereocenters. The van der Waals surface area contributed by atoms with Gasteiger partial charge in [0.1, 0.15) is 0 Å². The number of nitrogens with one attached hydrogen (secondary N) is 1. The Kier molecular flexibility index (Phi) is 9.19. The highest BCUT2D eigenvalue weighted by atomic mass is 16.5. The number of carbonyl (C=O) groups is 3. The van der Waals surface area contributed by atoms with Crippen LogP contribution in [0.1, 0.15) is 19.8 Å². The Morgan fingerprint density at radius 3 is 2.00 bits per heavy atom. The monoisotopic (exact) mass is 392 g/mol. The minimum atomic E-state index is -0.739. The molecule has 1 heterocycles. The van der Waals surface area contributed by atoms with Gasteiger partial charge in [-0.3, -0.25) is 4.79 Å². The molecule has 1 aromatic carbocycles. The molecule has 5 amide bonds. The summed E-state index contributed by atoms with van der Waals surface area (Å²) < 4.78 is 16.0. The van der Waals surface area contributed by atoms with Crippen LogP contribution >= 0.6 is 0 Å². The lowest BCUT2D eigenvalue weighted by Crippen LogP contribution is -2.27. The largest absolute Gasteiger partial charge is 0.379 e. The van der Waals surface area contributed by atoms with Crippen molar-refractivity contribution in [2.45, 2.75) is 19.8 Å². The van der Waals surface area contributed by atoms with Crippen LogP contribution in [0.5, 0.6) is 0 Å². The second kappa shape index (κ2) is 11.9. The lowest BCUT2D eigenvalue weighted by Gasteiger charge is -2.11. The molecule has 10 heteroatoms. The summed E-state index contributed by atoms with van der Waals surface area (Å²) in [5, 5.41) is 9.08. The van der Waals surface area contributed by atoms with Crippen LogP contribution in [0.4, 0.5) is 21.0 Å². The topological polar surface area (TPSA) is 119 Å². The van der Waals surface area contributed by atoms with Gasteiger partial charge >= 0.3 is 12.1 Å². The molecule has 2 rings (SSSR count). The smallest absolute Gasteiger partial charge is 0.375 e. The zero-order valence-electron chi connectivity index (χ0n) is 15.8. The predicted molar refractivity (Wildman–Crippen MR) is 101 cm³/mol. The van der Waals surface area contributed by atoms with E-state index in [4.69, 9.17) is 14.2 Å². The first-order chi connectivity index (χ1) is 13.6. The van der Waals surface area contributed by atoms with Gasteiger partial charge in [0, 0.05) is 12.3 Å². The van der Waals surface area contributed by atoms with Crippen LogP contribution in [-0.2, 0) is 19.0 Å². The molecule has 0 atom stereocenters. The fraction of sp³-hybridized carbons (Fsp3) is 0.500. The Balaban J connectivity index is 1.58. The number of hydrogen-bond donors (Lipinski definition) is 1. The molecule has 0 aliphatic carbocycles. The lowest BCUT2D eigenvalue weighted by molar-refractivity contribution is -0.117. The van der Waals surface area contributed by atoms with Crippen molar-refractivity contribution < 1.29 is 28.6 Å². The zero-order valence-corrected chi connectivity index (χ0v) is 15.8. The van der Waals surface area contributed by atoms with E-state index in [2.05, 4.69) is 15.5 Å². The van der Waals surface area contributed by atoms with E-state index in [1.807, 2.05) is 6.92 Å². The van der Waals surface area contributed by atoms with Crippen LogP contribution < -0.4 is 10.2 Å². The minimum absolute atomic E-state index is 0.197. The Labute approximate surface area is 162 Å². The van der Waals surface area contributed by atoms with E-state index in [1.165, 1.54) is 12.1 Å². The number of nitrogens with zero attached hydrogens (tertiary/aromatic N) is 3. The number of imide groups is 1. The molecule has 0 saturated carbocycles. The second-order valence-electron chi connectivity index (χ2n) is 5.78. The molecule has 0 fully saturated rings. The van der Waals surface area contributed by atoms with Crippen molar-refractivity contribution in [1.82, 2.24) is 0 Å². The zero-order chi connectivity index (χ0) is 20.2. The van der Waals surface area contributed by atoms with Crippen molar-refractivity contribution in [3.8, 4) is 0 Å². The highest BCUT2D eigenvalue weighted by Crippen LogP contribution is 2.22. The van der Waals surface area contributed by atoms with Crippen molar-refractivity contribution in [3.05, 3.63) is 24.3 Å². The summed E-state index contributed by atoms with van der Waals surface area (Å²) in [5.41, 5.74) is 0.874. The van der Waals surface area contributed by atoms with Gasteiger partial charge < -0.3 is 19.5 Å². The first-order valence-electron chi connectivity index (χ1n) is 9.04. The average molecular weight is 392 g/mol. The number of benzene rings is 1. The van der Waals surface area contributed by atoms with E-state index in [1.54, 1.807) is 12.1 Å². The van der Waals surface area contributed by atoms with Crippen LogP contribution in [0.15, 0.2) is 34.5 Å². The van der Waals surface area contributed by atoms with E-state index in [9.17, 15) is 14.4 Å². The first kappa shape index (κ1) is 21.6. The van der Waals surface area contributed by atoms with Gasteiger partial charge in [0.25, 0.3) is 0 Å². The van der Waals surface area contributed by atoms with Gasteiger partial charge in [-0.25, -0.2) is 14.5 Å². The third-order valence-corrected chi connectivity index (χ3v) is 3.58. The fourth-order valence-electron chi connectivity index (χ4n) is 2.25. The van der Waals surface area contributed by atoms with Gasteiger partial charge in [-0.2, -0.15) is 0 Å². The van der Waals surface area contributed by atoms with Crippen molar-refractivity contribution >= 4 is 29.3 Å². The summed E-state index contributed by atoms with van der Waals surface area (Å²) in [5.74, 6) is -0.208. The van der Waals surface area contributed by atoms with Gasteiger partial charge in [-0.05, 0) is 30.7 Å². The summed E-state index contributed by atoms with van der Waals surface area (Å²) in [6, 6.07) is 4.75. The molecular weight excluding hydrogens is 368 g/mol. The number of anilines is 2. The summed E-state index contributed by atoms with van der Waals surface area (Å²) in [6.07, 6.45) is 1.18. The number of azo groups is 1. The lowest BCUT2D eigenvalue weighted by atomic mass is 10.2. The van der Waals surface area contributed by atoms with Crippen LogP contribution in [0.25, 0.3) is 0 Å². The quantitative estimate of drug-likeness (QED) is 0.516. The standard InChI is InChI=1S/C18H24N4O6/c1-2-8-26-10-12-28-13-11-27-9-7-16(23)19-14-3-5-15(6-4-14)22-17(24)20-21-18(22)25/h3-6H,2,7-13H2,1H3,(H,19,23). The van der Waals surface area contributed by atoms with Gasteiger partial charge in [0.2, 0.25) is 5.91 Å². The Bertz CT molecular complexity index is 674. The SMILES string of the molecule is CCCOCCOCCOCCC(=O)Nc1ccc(N2C(=O)N=NC2=O)cc1. The van der Waals surface area contributed by atoms with Crippen LogP contribution in [0.3, 0.4) is 0 Å². The summed E-state index contributed by atoms with van der Waals surface area (Å²) in [4.78, 5) is 35.7. The third-order valence-electron chi connectivity index (χ3n) is 3.58. The van der Waals surface area contributed by atoms with Gasteiger partial charge in [0.15, 0.2) is 0 Å². The number of amides is 5. The maximum atomic E-state index is 11.9. The molecular formula is C18H24N4O6. The molecule has 1 N–H and O–H groups in total. The Hall–Kier alpha value is -2.69. The van der Waals surface area contributed by atoms with Crippen LogP contribution in [0.2, 0.25) is 0 Å². The Morgan fingerprint density at radius 2 is 1.43 bits per heavy atom. The summed E-state index contributed by atoms with van der Waals surface area (Å²) >= 11 is 0. The van der Waals surface area contributed by atoms with E-state index in [0.29, 0.717) is 37.8 Å². The highest BCUT2D eigenvalue weighted by molar-refractivity contribution is 6.17.